The lowest BCUT2D eigenvalue weighted by Crippen LogP contribution is -2.44. The minimum Gasteiger partial charge on any atom is -0.493 e. The van der Waals surface area contributed by atoms with E-state index in [0.29, 0.717) is 34.1 Å². The third kappa shape index (κ3) is 5.00. The number of nitrogens with one attached hydrogen (secondary N) is 1. The van der Waals surface area contributed by atoms with Crippen LogP contribution in [0.3, 0.4) is 0 Å². The van der Waals surface area contributed by atoms with Crippen LogP contribution in [0.5, 0.6) is 17.2 Å². The first-order chi connectivity index (χ1) is 18.2. The van der Waals surface area contributed by atoms with E-state index >= 15 is 0 Å². The van der Waals surface area contributed by atoms with Crippen molar-refractivity contribution in [2.24, 2.45) is 5.92 Å². The van der Waals surface area contributed by atoms with Crippen LogP contribution in [-0.2, 0) is 11.3 Å². The van der Waals surface area contributed by atoms with Crippen LogP contribution >= 0.6 is 0 Å². The third-order valence-electron chi connectivity index (χ3n) is 6.57. The summed E-state index contributed by atoms with van der Waals surface area (Å²) >= 11 is 0. The molecule has 3 aromatic carbocycles. The number of ether oxygens (including phenoxy) is 3. The standard InChI is InChI=1S/C29H30N2O7/c1-16(2)25(29(34)35)31-15-19-7-6-18(12-22(19)28(31)33)17-8-10-21(11-9-17)30-27(32)20-13-23(36-3)26(38-5)24(14-20)37-4/h6-14,16,25H,15H2,1-5H3,(H,30,32)(H,34,35). The Hall–Kier alpha value is -4.53. The van der Waals surface area contributed by atoms with E-state index in [2.05, 4.69) is 5.32 Å². The predicted octanol–water partition coefficient (Wildman–Crippen LogP) is 4.70. The van der Waals surface area contributed by atoms with Crippen molar-refractivity contribution in [2.75, 3.05) is 26.6 Å². The normalized spacial score (nSPS) is 13.2. The average molecular weight is 519 g/mol. The number of amides is 2. The molecule has 0 radical (unpaired) electrons. The maximum Gasteiger partial charge on any atom is 0.326 e. The molecule has 9 heteroatoms. The van der Waals surface area contributed by atoms with Gasteiger partial charge in [0.15, 0.2) is 11.5 Å². The van der Waals surface area contributed by atoms with Gasteiger partial charge in [0.1, 0.15) is 6.04 Å². The SMILES string of the molecule is COc1cc(C(=O)Nc2ccc(-c3ccc4c(c3)C(=O)N(C(C(=O)O)C(C)C)C4)cc2)cc(OC)c1OC. The molecule has 0 bridgehead atoms. The molecule has 0 aliphatic carbocycles. The van der Waals surface area contributed by atoms with Gasteiger partial charge in [0.2, 0.25) is 5.75 Å². The number of rotatable bonds is 9. The molecule has 1 aliphatic heterocycles. The first kappa shape index (κ1) is 26.5. The third-order valence-corrected chi connectivity index (χ3v) is 6.57. The summed E-state index contributed by atoms with van der Waals surface area (Å²) in [6.45, 7) is 3.86. The fourth-order valence-electron chi connectivity index (χ4n) is 4.67. The summed E-state index contributed by atoms with van der Waals surface area (Å²) in [5.74, 6) is -0.705. The number of benzene rings is 3. The Morgan fingerprint density at radius 2 is 1.50 bits per heavy atom. The van der Waals surface area contributed by atoms with E-state index in [1.54, 1.807) is 44.2 Å². The zero-order valence-electron chi connectivity index (χ0n) is 21.9. The van der Waals surface area contributed by atoms with Crippen LogP contribution < -0.4 is 19.5 Å². The van der Waals surface area contributed by atoms with Gasteiger partial charge in [0, 0.05) is 23.4 Å². The van der Waals surface area contributed by atoms with E-state index in [-0.39, 0.29) is 24.3 Å². The summed E-state index contributed by atoms with van der Waals surface area (Å²) in [6.07, 6.45) is 0. The number of carboxylic acids is 1. The van der Waals surface area contributed by atoms with Gasteiger partial charge >= 0.3 is 5.97 Å². The smallest absolute Gasteiger partial charge is 0.326 e. The van der Waals surface area contributed by atoms with Crippen molar-refractivity contribution in [3.05, 3.63) is 71.3 Å². The molecule has 0 aromatic heterocycles. The molecule has 2 amide bonds. The molecule has 198 valence electrons. The molecule has 1 aliphatic rings. The topological polar surface area (TPSA) is 114 Å². The fraction of sp³-hybridized carbons (Fsp3) is 0.276. The maximum atomic E-state index is 13.1. The van der Waals surface area contributed by atoms with Crippen molar-refractivity contribution in [3.63, 3.8) is 0 Å². The van der Waals surface area contributed by atoms with E-state index in [1.807, 2.05) is 24.3 Å². The largest absolute Gasteiger partial charge is 0.493 e. The van der Waals surface area contributed by atoms with E-state index < -0.39 is 12.0 Å². The lowest BCUT2D eigenvalue weighted by molar-refractivity contribution is -0.144. The minimum atomic E-state index is -1.01. The molecule has 0 saturated heterocycles. The molecule has 3 aromatic rings. The van der Waals surface area contributed by atoms with Crippen molar-refractivity contribution in [2.45, 2.75) is 26.4 Å². The molecule has 1 heterocycles. The first-order valence-corrected chi connectivity index (χ1v) is 12.1. The van der Waals surface area contributed by atoms with E-state index in [0.717, 1.165) is 16.7 Å². The molecule has 1 atom stereocenters. The number of hydrogen-bond acceptors (Lipinski definition) is 6. The van der Waals surface area contributed by atoms with E-state index in [9.17, 15) is 19.5 Å². The number of anilines is 1. The van der Waals surface area contributed by atoms with Gasteiger partial charge in [-0.05, 0) is 52.9 Å². The highest BCUT2D eigenvalue weighted by molar-refractivity contribution is 6.05. The molecule has 9 nitrogen and oxygen atoms in total. The van der Waals surface area contributed by atoms with E-state index in [4.69, 9.17) is 14.2 Å². The van der Waals surface area contributed by atoms with Crippen LogP contribution in [0.25, 0.3) is 11.1 Å². The number of carboxylic acid groups (broad SMARTS) is 1. The maximum absolute atomic E-state index is 13.1. The Kier molecular flexibility index (Phi) is 7.57. The van der Waals surface area contributed by atoms with Crippen molar-refractivity contribution in [3.8, 4) is 28.4 Å². The van der Waals surface area contributed by atoms with Crippen LogP contribution in [0, 0.1) is 5.92 Å². The van der Waals surface area contributed by atoms with E-state index in [1.165, 1.54) is 26.2 Å². The van der Waals surface area contributed by atoms with Gasteiger partial charge in [0.05, 0.1) is 21.3 Å². The van der Waals surface area contributed by atoms with Crippen LogP contribution in [0.1, 0.15) is 40.1 Å². The zero-order valence-corrected chi connectivity index (χ0v) is 21.9. The lowest BCUT2D eigenvalue weighted by Gasteiger charge is -2.27. The van der Waals surface area contributed by atoms with Gasteiger partial charge in [-0.2, -0.15) is 0 Å². The second kappa shape index (κ2) is 10.8. The second-order valence-electron chi connectivity index (χ2n) is 9.28. The van der Waals surface area contributed by atoms with Crippen LogP contribution in [0.15, 0.2) is 54.6 Å². The monoisotopic (exact) mass is 518 g/mol. The summed E-state index contributed by atoms with van der Waals surface area (Å²) < 4.78 is 16.0. The molecule has 1 unspecified atom stereocenters. The van der Waals surface area contributed by atoms with Gasteiger partial charge in [0.25, 0.3) is 11.8 Å². The first-order valence-electron chi connectivity index (χ1n) is 12.1. The predicted molar refractivity (Wildman–Crippen MR) is 142 cm³/mol. The number of methoxy groups -OCH3 is 3. The highest BCUT2D eigenvalue weighted by Gasteiger charge is 2.38. The Labute approximate surface area is 220 Å². The molecular weight excluding hydrogens is 488 g/mol. The van der Waals surface area contributed by atoms with Crippen LogP contribution in [-0.4, -0.2) is 55.2 Å². The molecule has 4 rings (SSSR count). The summed E-state index contributed by atoms with van der Waals surface area (Å²) in [5, 5.41) is 12.5. The van der Waals surface area contributed by atoms with Crippen molar-refractivity contribution >= 4 is 23.5 Å². The number of hydrogen-bond donors (Lipinski definition) is 2. The molecule has 2 N–H and O–H groups in total. The molecule has 38 heavy (non-hydrogen) atoms. The summed E-state index contributed by atoms with van der Waals surface area (Å²) in [6, 6.07) is 15.1. The lowest BCUT2D eigenvalue weighted by atomic mass is 10.00. The summed E-state index contributed by atoms with van der Waals surface area (Å²) in [7, 11) is 4.46. The molecular formula is C29H30N2O7. The highest BCUT2D eigenvalue weighted by atomic mass is 16.5. The van der Waals surface area contributed by atoms with Gasteiger partial charge in [-0.15, -0.1) is 0 Å². The molecule has 0 fully saturated rings. The number of carbonyl (C=O) groups is 3. The number of aliphatic carboxylic acids is 1. The van der Waals surface area contributed by atoms with Crippen molar-refractivity contribution in [1.29, 1.82) is 0 Å². The van der Waals surface area contributed by atoms with Gasteiger partial charge < -0.3 is 29.5 Å². The molecule has 0 saturated carbocycles. The zero-order chi connectivity index (χ0) is 27.6. The van der Waals surface area contributed by atoms with Gasteiger partial charge in [-0.25, -0.2) is 4.79 Å². The second-order valence-corrected chi connectivity index (χ2v) is 9.28. The quantitative estimate of drug-likeness (QED) is 0.422. The van der Waals surface area contributed by atoms with Crippen LogP contribution in [0.2, 0.25) is 0 Å². The van der Waals surface area contributed by atoms with Crippen LogP contribution in [0.4, 0.5) is 5.69 Å². The summed E-state index contributed by atoms with van der Waals surface area (Å²) in [5.41, 5.74) is 3.90. The van der Waals surface area contributed by atoms with Crippen molar-refractivity contribution < 1.29 is 33.7 Å². The Balaban J connectivity index is 1.52. The van der Waals surface area contributed by atoms with Gasteiger partial charge in [-0.3, -0.25) is 9.59 Å². The summed E-state index contributed by atoms with van der Waals surface area (Å²) in [4.78, 5) is 39.1. The highest BCUT2D eigenvalue weighted by Crippen LogP contribution is 2.38. The Bertz CT molecular complexity index is 1360. The average Bonchev–Trinajstić information content (AvgIpc) is 3.22. The minimum absolute atomic E-state index is 0.215. The number of nitrogens with zero attached hydrogens (tertiary/aromatic N) is 1. The molecule has 0 spiro atoms. The number of fused-ring (bicyclic) bond motifs is 1. The Morgan fingerprint density at radius 3 is 2.03 bits per heavy atom. The number of carbonyl (C=O) groups excluding carboxylic acids is 2. The fourth-order valence-corrected chi connectivity index (χ4v) is 4.67. The Morgan fingerprint density at radius 1 is 0.895 bits per heavy atom. The van der Waals surface area contributed by atoms with Gasteiger partial charge in [-0.1, -0.05) is 38.1 Å². The van der Waals surface area contributed by atoms with Crippen molar-refractivity contribution in [1.82, 2.24) is 4.90 Å².